The van der Waals surface area contributed by atoms with E-state index in [2.05, 4.69) is 31.1 Å². The van der Waals surface area contributed by atoms with E-state index in [1.807, 2.05) is 0 Å². The first-order valence-electron chi connectivity index (χ1n) is 7.87. The van der Waals surface area contributed by atoms with Gasteiger partial charge < -0.3 is 9.88 Å². The van der Waals surface area contributed by atoms with Crippen LogP contribution in [0.4, 0.5) is 5.82 Å². The van der Waals surface area contributed by atoms with Gasteiger partial charge in [0.05, 0.1) is 0 Å². The van der Waals surface area contributed by atoms with Crippen molar-refractivity contribution in [2.45, 2.75) is 53.0 Å². The molecule has 1 aromatic heterocycles. The van der Waals surface area contributed by atoms with Gasteiger partial charge in [-0.15, -0.1) is 0 Å². The topological polar surface area (TPSA) is 46.9 Å². The summed E-state index contributed by atoms with van der Waals surface area (Å²) in [7, 11) is 0. The van der Waals surface area contributed by atoms with Crippen molar-refractivity contribution < 1.29 is 0 Å². The van der Waals surface area contributed by atoms with Crippen molar-refractivity contribution in [1.29, 1.82) is 0 Å². The van der Waals surface area contributed by atoms with E-state index in [1.165, 1.54) is 25.7 Å². The fourth-order valence-electron chi connectivity index (χ4n) is 3.03. The molecule has 0 aliphatic heterocycles. The number of rotatable bonds is 5. The third kappa shape index (κ3) is 3.84. The molecule has 1 fully saturated rings. The molecule has 2 unspecified atom stereocenters. The normalized spacial score (nSPS) is 23.0. The molecule has 4 nitrogen and oxygen atoms in total. The lowest BCUT2D eigenvalue weighted by molar-refractivity contribution is 0.268. The highest BCUT2D eigenvalue weighted by Gasteiger charge is 2.21. The highest BCUT2D eigenvalue weighted by atomic mass is 16.1. The molecule has 1 aliphatic carbocycles. The Hall–Kier alpha value is -1.32. The Morgan fingerprint density at radius 2 is 2.15 bits per heavy atom. The first-order chi connectivity index (χ1) is 9.58. The molecule has 0 amide bonds. The van der Waals surface area contributed by atoms with E-state index >= 15 is 0 Å². The van der Waals surface area contributed by atoms with E-state index in [9.17, 15) is 4.79 Å². The Balaban J connectivity index is 2.00. The second kappa shape index (κ2) is 6.91. The van der Waals surface area contributed by atoms with Crippen LogP contribution in [0.5, 0.6) is 0 Å². The van der Waals surface area contributed by atoms with Crippen LogP contribution in [0, 0.1) is 17.8 Å². The van der Waals surface area contributed by atoms with Gasteiger partial charge in [0.1, 0.15) is 0 Å². The maximum atomic E-state index is 12.3. The minimum Gasteiger partial charge on any atom is -0.365 e. The summed E-state index contributed by atoms with van der Waals surface area (Å²) >= 11 is 0. The maximum absolute atomic E-state index is 12.3. The van der Waals surface area contributed by atoms with Gasteiger partial charge in [-0.2, -0.15) is 0 Å². The lowest BCUT2D eigenvalue weighted by Crippen LogP contribution is -2.30. The van der Waals surface area contributed by atoms with E-state index in [-0.39, 0.29) is 5.56 Å². The number of hydrogen-bond donors (Lipinski definition) is 1. The lowest BCUT2D eigenvalue weighted by Gasteiger charge is -2.28. The summed E-state index contributed by atoms with van der Waals surface area (Å²) < 4.78 is 1.75. The molecule has 2 rings (SSSR count). The smallest absolute Gasteiger partial charge is 0.293 e. The molecule has 4 heteroatoms. The van der Waals surface area contributed by atoms with Crippen LogP contribution in [0.2, 0.25) is 0 Å². The molecule has 1 aromatic rings. The number of nitrogens with zero attached hydrogens (tertiary/aromatic N) is 2. The highest BCUT2D eigenvalue weighted by molar-refractivity contribution is 5.30. The zero-order chi connectivity index (χ0) is 14.5. The molecule has 0 bridgehead atoms. The van der Waals surface area contributed by atoms with Crippen LogP contribution in [0.1, 0.15) is 46.5 Å². The van der Waals surface area contributed by atoms with Gasteiger partial charge in [-0.25, -0.2) is 4.98 Å². The molecule has 20 heavy (non-hydrogen) atoms. The standard InChI is InChI=1S/C16H27N3O/c1-12(2)11-19-9-8-17-15(16(19)20)18-10-14-7-5-4-6-13(14)3/h8-9,12-14H,4-7,10-11H2,1-3H3,(H,17,18). The van der Waals surface area contributed by atoms with Crippen molar-refractivity contribution in [2.24, 2.45) is 17.8 Å². The summed E-state index contributed by atoms with van der Waals surface area (Å²) in [4.78, 5) is 16.5. The first kappa shape index (κ1) is 15.1. The van der Waals surface area contributed by atoms with Crippen molar-refractivity contribution in [1.82, 2.24) is 9.55 Å². The van der Waals surface area contributed by atoms with Crippen LogP contribution in [0.3, 0.4) is 0 Å². The minimum absolute atomic E-state index is 0.00432. The van der Waals surface area contributed by atoms with Crippen molar-refractivity contribution in [3.63, 3.8) is 0 Å². The van der Waals surface area contributed by atoms with Crippen LogP contribution in [-0.2, 0) is 6.54 Å². The third-order valence-corrected chi connectivity index (χ3v) is 4.30. The monoisotopic (exact) mass is 277 g/mol. The van der Waals surface area contributed by atoms with Crippen LogP contribution < -0.4 is 10.9 Å². The van der Waals surface area contributed by atoms with Crippen LogP contribution >= 0.6 is 0 Å². The zero-order valence-corrected chi connectivity index (χ0v) is 12.9. The molecule has 0 aromatic carbocycles. The van der Waals surface area contributed by atoms with E-state index < -0.39 is 0 Å². The zero-order valence-electron chi connectivity index (χ0n) is 12.9. The second-order valence-corrected chi connectivity index (χ2v) is 6.53. The average molecular weight is 277 g/mol. The Kier molecular flexibility index (Phi) is 5.21. The van der Waals surface area contributed by atoms with Gasteiger partial charge in [-0.05, 0) is 24.2 Å². The predicted molar refractivity (Wildman–Crippen MR) is 82.9 cm³/mol. The van der Waals surface area contributed by atoms with E-state index in [0.717, 1.165) is 19.0 Å². The van der Waals surface area contributed by atoms with Crippen LogP contribution in [0.25, 0.3) is 0 Å². The quantitative estimate of drug-likeness (QED) is 0.899. The van der Waals surface area contributed by atoms with Gasteiger partial charge in [0.15, 0.2) is 5.82 Å². The molecular formula is C16H27N3O. The Morgan fingerprint density at radius 1 is 1.40 bits per heavy atom. The van der Waals surface area contributed by atoms with E-state index in [1.54, 1.807) is 17.0 Å². The number of hydrogen-bond acceptors (Lipinski definition) is 3. The highest BCUT2D eigenvalue weighted by Crippen LogP contribution is 2.29. The lowest BCUT2D eigenvalue weighted by atomic mass is 9.80. The fourth-order valence-corrected chi connectivity index (χ4v) is 3.03. The second-order valence-electron chi connectivity index (χ2n) is 6.53. The molecule has 112 valence electrons. The molecule has 0 saturated heterocycles. The summed E-state index contributed by atoms with van der Waals surface area (Å²) in [6, 6.07) is 0. The largest absolute Gasteiger partial charge is 0.365 e. The SMILES string of the molecule is CC(C)Cn1ccnc(NCC2CCCCC2C)c1=O. The van der Waals surface area contributed by atoms with Gasteiger partial charge in [0, 0.05) is 25.5 Å². The molecule has 1 saturated carbocycles. The van der Waals surface area contributed by atoms with E-state index in [4.69, 9.17) is 0 Å². The maximum Gasteiger partial charge on any atom is 0.293 e. The van der Waals surface area contributed by atoms with Crippen molar-refractivity contribution in [3.8, 4) is 0 Å². The summed E-state index contributed by atoms with van der Waals surface area (Å²) in [5.41, 5.74) is 0.00432. The summed E-state index contributed by atoms with van der Waals surface area (Å²) in [5, 5.41) is 3.28. The minimum atomic E-state index is 0.00432. The van der Waals surface area contributed by atoms with Gasteiger partial charge in [-0.1, -0.05) is 40.0 Å². The molecule has 1 N–H and O–H groups in total. The van der Waals surface area contributed by atoms with Crippen molar-refractivity contribution in [3.05, 3.63) is 22.7 Å². The molecule has 0 radical (unpaired) electrons. The van der Waals surface area contributed by atoms with Crippen LogP contribution in [0.15, 0.2) is 17.2 Å². The number of aromatic nitrogens is 2. The summed E-state index contributed by atoms with van der Waals surface area (Å²) in [6.07, 6.45) is 8.74. The van der Waals surface area contributed by atoms with Crippen molar-refractivity contribution in [2.75, 3.05) is 11.9 Å². The summed E-state index contributed by atoms with van der Waals surface area (Å²) in [5.74, 6) is 2.38. The molecule has 0 spiro atoms. The average Bonchev–Trinajstić information content (AvgIpc) is 2.41. The summed E-state index contributed by atoms with van der Waals surface area (Å²) in [6.45, 7) is 8.17. The van der Waals surface area contributed by atoms with E-state index in [0.29, 0.717) is 17.7 Å². The van der Waals surface area contributed by atoms with Gasteiger partial charge in [0.25, 0.3) is 5.56 Å². The molecule has 2 atom stereocenters. The number of nitrogens with one attached hydrogen (secondary N) is 1. The third-order valence-electron chi connectivity index (χ3n) is 4.30. The Labute approximate surface area is 121 Å². The Morgan fingerprint density at radius 3 is 2.85 bits per heavy atom. The predicted octanol–water partition coefficient (Wildman–Crippen LogP) is 3.14. The van der Waals surface area contributed by atoms with Gasteiger partial charge in [0.2, 0.25) is 0 Å². The van der Waals surface area contributed by atoms with Crippen LogP contribution in [-0.4, -0.2) is 16.1 Å². The molecule has 1 heterocycles. The Bertz CT molecular complexity index is 481. The molecule has 1 aliphatic rings. The molecular weight excluding hydrogens is 250 g/mol. The first-order valence-corrected chi connectivity index (χ1v) is 7.87. The van der Waals surface area contributed by atoms with Crippen molar-refractivity contribution >= 4 is 5.82 Å². The van der Waals surface area contributed by atoms with Gasteiger partial charge >= 0.3 is 0 Å². The number of anilines is 1. The van der Waals surface area contributed by atoms with Gasteiger partial charge in [-0.3, -0.25) is 4.79 Å². The fraction of sp³-hybridized carbons (Fsp3) is 0.750.